The van der Waals surface area contributed by atoms with E-state index in [1.807, 2.05) is 24.3 Å². The molecule has 3 rings (SSSR count). The van der Waals surface area contributed by atoms with Crippen LogP contribution in [-0.4, -0.2) is 6.61 Å². The Balaban J connectivity index is 1.99. The highest BCUT2D eigenvalue weighted by Gasteiger charge is 2.25. The van der Waals surface area contributed by atoms with Crippen LogP contribution in [-0.2, 0) is 0 Å². The standard InChI is InChI=1S/C15H11Br2Cl2NO/c16-10-2-1-3-11(17)14(10)20-13-4-5-21-15-9(13)6-8(18)7-12(15)19/h1-3,6-7,13,20H,4-5H2. The summed E-state index contributed by atoms with van der Waals surface area (Å²) in [6.45, 7) is 0.619. The molecule has 0 spiro atoms. The van der Waals surface area contributed by atoms with E-state index in [0.717, 1.165) is 26.6 Å². The molecule has 1 aliphatic heterocycles. The summed E-state index contributed by atoms with van der Waals surface area (Å²) in [4.78, 5) is 0. The average molecular weight is 452 g/mol. The SMILES string of the molecule is Clc1cc(Cl)c2c(c1)C(Nc1c(Br)cccc1Br)CCO2. The van der Waals surface area contributed by atoms with Crippen molar-refractivity contribution in [3.05, 3.63) is 54.9 Å². The van der Waals surface area contributed by atoms with Crippen molar-refractivity contribution in [2.75, 3.05) is 11.9 Å². The molecule has 2 aromatic carbocycles. The third-order valence-electron chi connectivity index (χ3n) is 3.35. The normalized spacial score (nSPS) is 17.0. The second-order valence-corrected chi connectivity index (χ2v) is 7.29. The van der Waals surface area contributed by atoms with Crippen molar-refractivity contribution in [2.24, 2.45) is 0 Å². The van der Waals surface area contributed by atoms with Gasteiger partial charge in [0.2, 0.25) is 0 Å². The lowest BCUT2D eigenvalue weighted by Crippen LogP contribution is -2.21. The molecule has 0 saturated heterocycles. The van der Waals surface area contributed by atoms with Gasteiger partial charge in [-0.15, -0.1) is 0 Å². The van der Waals surface area contributed by atoms with Crippen LogP contribution in [0.15, 0.2) is 39.3 Å². The van der Waals surface area contributed by atoms with Gasteiger partial charge in [0.25, 0.3) is 0 Å². The number of hydrogen-bond acceptors (Lipinski definition) is 2. The molecule has 110 valence electrons. The first kappa shape index (κ1) is 15.5. The smallest absolute Gasteiger partial charge is 0.143 e. The predicted molar refractivity (Wildman–Crippen MR) is 94.8 cm³/mol. The number of fused-ring (bicyclic) bond motifs is 1. The van der Waals surface area contributed by atoms with Crippen molar-refractivity contribution in [1.82, 2.24) is 0 Å². The van der Waals surface area contributed by atoms with E-state index in [1.54, 1.807) is 6.07 Å². The maximum absolute atomic E-state index is 6.22. The highest BCUT2D eigenvalue weighted by atomic mass is 79.9. The van der Waals surface area contributed by atoms with Crippen molar-refractivity contribution in [2.45, 2.75) is 12.5 Å². The van der Waals surface area contributed by atoms with Gasteiger partial charge in [0, 0.05) is 26.0 Å². The Kier molecular flexibility index (Phi) is 4.69. The molecule has 2 aromatic rings. The number of halogens is 4. The number of anilines is 1. The molecule has 0 fully saturated rings. The van der Waals surface area contributed by atoms with Gasteiger partial charge in [-0.1, -0.05) is 29.3 Å². The Morgan fingerprint density at radius 2 is 1.86 bits per heavy atom. The Hall–Kier alpha value is -0.420. The zero-order chi connectivity index (χ0) is 15.0. The Morgan fingerprint density at radius 3 is 2.57 bits per heavy atom. The monoisotopic (exact) mass is 449 g/mol. The molecule has 6 heteroatoms. The molecule has 0 amide bonds. The summed E-state index contributed by atoms with van der Waals surface area (Å²) >= 11 is 19.5. The molecular formula is C15H11Br2Cl2NO. The molecule has 1 aliphatic rings. The van der Waals surface area contributed by atoms with Crippen LogP contribution >= 0.6 is 55.1 Å². The van der Waals surface area contributed by atoms with Gasteiger partial charge in [0.15, 0.2) is 0 Å². The third kappa shape index (κ3) is 3.19. The fraction of sp³-hybridized carbons (Fsp3) is 0.200. The summed E-state index contributed by atoms with van der Waals surface area (Å²) in [6.07, 6.45) is 0.845. The van der Waals surface area contributed by atoms with E-state index in [0.29, 0.717) is 22.4 Å². The maximum atomic E-state index is 6.22. The summed E-state index contributed by atoms with van der Waals surface area (Å²) in [5.74, 6) is 0.716. The largest absolute Gasteiger partial charge is 0.492 e. The molecule has 0 saturated carbocycles. The lowest BCUT2D eigenvalue weighted by atomic mass is 10.00. The summed E-state index contributed by atoms with van der Waals surface area (Å²) in [5, 5.41) is 4.70. The minimum atomic E-state index is 0.0972. The molecule has 0 bridgehead atoms. The van der Waals surface area contributed by atoms with Crippen LogP contribution < -0.4 is 10.1 Å². The highest BCUT2D eigenvalue weighted by molar-refractivity contribution is 9.11. The van der Waals surface area contributed by atoms with E-state index < -0.39 is 0 Å². The van der Waals surface area contributed by atoms with Gasteiger partial charge >= 0.3 is 0 Å². The van der Waals surface area contributed by atoms with Crippen LogP contribution in [0.3, 0.4) is 0 Å². The molecule has 0 aliphatic carbocycles. The van der Waals surface area contributed by atoms with Crippen molar-refractivity contribution >= 4 is 60.7 Å². The molecule has 1 unspecified atom stereocenters. The Bertz CT molecular complexity index is 673. The Labute approximate surface area is 150 Å². The summed E-state index contributed by atoms with van der Waals surface area (Å²) < 4.78 is 7.68. The van der Waals surface area contributed by atoms with Crippen molar-refractivity contribution in [3.8, 4) is 5.75 Å². The van der Waals surface area contributed by atoms with Crippen LogP contribution in [0.1, 0.15) is 18.0 Å². The Morgan fingerprint density at radius 1 is 1.14 bits per heavy atom. The molecule has 1 atom stereocenters. The number of nitrogens with one attached hydrogen (secondary N) is 1. The van der Waals surface area contributed by atoms with Gasteiger partial charge in [0.05, 0.1) is 23.4 Å². The lowest BCUT2D eigenvalue weighted by molar-refractivity contribution is 0.274. The van der Waals surface area contributed by atoms with Crippen molar-refractivity contribution in [3.63, 3.8) is 0 Å². The van der Waals surface area contributed by atoms with E-state index in [-0.39, 0.29) is 6.04 Å². The van der Waals surface area contributed by atoms with Crippen LogP contribution in [0.2, 0.25) is 10.0 Å². The number of rotatable bonds is 2. The molecule has 2 nitrogen and oxygen atoms in total. The van der Waals surface area contributed by atoms with Crippen LogP contribution in [0, 0.1) is 0 Å². The minimum absolute atomic E-state index is 0.0972. The molecule has 1 N–H and O–H groups in total. The zero-order valence-corrected chi connectivity index (χ0v) is 15.5. The van der Waals surface area contributed by atoms with Crippen molar-refractivity contribution in [1.29, 1.82) is 0 Å². The number of ether oxygens (including phenoxy) is 1. The van der Waals surface area contributed by atoms with Gasteiger partial charge in [-0.2, -0.15) is 0 Å². The molecule has 0 aromatic heterocycles. The van der Waals surface area contributed by atoms with Gasteiger partial charge < -0.3 is 10.1 Å². The van der Waals surface area contributed by atoms with E-state index in [9.17, 15) is 0 Å². The molecular weight excluding hydrogens is 441 g/mol. The molecule has 0 radical (unpaired) electrons. The number of para-hydroxylation sites is 1. The first-order valence-corrected chi connectivity index (χ1v) is 8.72. The van der Waals surface area contributed by atoms with Crippen LogP contribution in [0.4, 0.5) is 5.69 Å². The average Bonchev–Trinajstić information content (AvgIpc) is 2.43. The molecule has 1 heterocycles. The topological polar surface area (TPSA) is 21.3 Å². The van der Waals surface area contributed by atoms with Gasteiger partial charge in [-0.05, 0) is 56.1 Å². The fourth-order valence-corrected chi connectivity index (χ4v) is 4.18. The lowest BCUT2D eigenvalue weighted by Gasteiger charge is -2.29. The van der Waals surface area contributed by atoms with Gasteiger partial charge in [0.1, 0.15) is 5.75 Å². The quantitative estimate of drug-likeness (QED) is 0.566. The predicted octanol–water partition coefficient (Wildman–Crippen LogP) is 6.45. The van der Waals surface area contributed by atoms with Crippen molar-refractivity contribution < 1.29 is 4.74 Å². The second kappa shape index (κ2) is 6.37. The number of hydrogen-bond donors (Lipinski definition) is 1. The van der Waals surface area contributed by atoms with Crippen LogP contribution in [0.5, 0.6) is 5.75 Å². The van der Waals surface area contributed by atoms with E-state index >= 15 is 0 Å². The minimum Gasteiger partial charge on any atom is -0.492 e. The summed E-state index contributed by atoms with van der Waals surface area (Å²) in [5.41, 5.74) is 1.99. The summed E-state index contributed by atoms with van der Waals surface area (Å²) in [7, 11) is 0. The first-order chi connectivity index (χ1) is 10.1. The van der Waals surface area contributed by atoms with Gasteiger partial charge in [-0.3, -0.25) is 0 Å². The van der Waals surface area contributed by atoms with Crippen LogP contribution in [0.25, 0.3) is 0 Å². The maximum Gasteiger partial charge on any atom is 0.143 e. The first-order valence-electron chi connectivity index (χ1n) is 6.38. The third-order valence-corrected chi connectivity index (χ3v) is 5.17. The zero-order valence-electron chi connectivity index (χ0n) is 10.8. The highest BCUT2D eigenvalue weighted by Crippen LogP contribution is 2.43. The van der Waals surface area contributed by atoms with Gasteiger partial charge in [-0.25, -0.2) is 0 Å². The number of benzene rings is 2. The second-order valence-electron chi connectivity index (χ2n) is 4.74. The fourth-order valence-electron chi connectivity index (χ4n) is 2.39. The van der Waals surface area contributed by atoms with E-state index in [4.69, 9.17) is 27.9 Å². The van der Waals surface area contributed by atoms with E-state index in [1.165, 1.54) is 0 Å². The van der Waals surface area contributed by atoms with E-state index in [2.05, 4.69) is 37.2 Å². The summed E-state index contributed by atoms with van der Waals surface area (Å²) in [6, 6.07) is 9.69. The molecule has 21 heavy (non-hydrogen) atoms.